The SMILES string of the molecule is c1ccc2c(c1)Cc1c(-c3ccc(Cc4ccc(-c5ccc6c(c5)-c5ccccc5C6c5cccc6ccccc56)cc4)cc3)cccc1-2. The van der Waals surface area contributed by atoms with Crippen LogP contribution in [0.25, 0.3) is 55.3 Å². The van der Waals surface area contributed by atoms with Crippen LogP contribution < -0.4 is 0 Å². The fraction of sp³-hybridized carbons (Fsp3) is 0.0612. The van der Waals surface area contributed by atoms with Crippen LogP contribution in [0.2, 0.25) is 0 Å². The molecule has 0 aromatic heterocycles. The second-order valence-electron chi connectivity index (χ2n) is 13.6. The summed E-state index contributed by atoms with van der Waals surface area (Å²) in [7, 11) is 0. The van der Waals surface area contributed by atoms with E-state index in [9.17, 15) is 0 Å². The molecule has 0 saturated heterocycles. The molecule has 0 saturated carbocycles. The normalized spacial score (nSPS) is 13.9. The summed E-state index contributed by atoms with van der Waals surface area (Å²) in [5, 5.41) is 2.63. The van der Waals surface area contributed by atoms with Gasteiger partial charge in [-0.15, -0.1) is 0 Å². The molecule has 2 aliphatic rings. The van der Waals surface area contributed by atoms with Crippen molar-refractivity contribution in [2.75, 3.05) is 0 Å². The molecule has 0 amide bonds. The molecule has 2 aliphatic carbocycles. The highest BCUT2D eigenvalue weighted by Crippen LogP contribution is 2.50. The van der Waals surface area contributed by atoms with Gasteiger partial charge in [-0.2, -0.15) is 0 Å². The number of hydrogen-bond donors (Lipinski definition) is 0. The molecule has 0 heterocycles. The molecule has 0 fully saturated rings. The van der Waals surface area contributed by atoms with Gasteiger partial charge in [0, 0.05) is 5.92 Å². The summed E-state index contributed by atoms with van der Waals surface area (Å²) in [6, 6.07) is 65.5. The first-order chi connectivity index (χ1) is 24.3. The van der Waals surface area contributed by atoms with Crippen LogP contribution >= 0.6 is 0 Å². The molecule has 0 radical (unpaired) electrons. The van der Waals surface area contributed by atoms with E-state index in [0.29, 0.717) is 0 Å². The van der Waals surface area contributed by atoms with E-state index in [1.807, 2.05) is 0 Å². The number of benzene rings is 8. The lowest BCUT2D eigenvalue weighted by atomic mass is 9.86. The smallest absolute Gasteiger partial charge is 0.0358 e. The summed E-state index contributed by atoms with van der Waals surface area (Å²) in [5.74, 6) is 0.235. The van der Waals surface area contributed by atoms with Crippen LogP contribution in [0.4, 0.5) is 0 Å². The molecular formula is C49H34. The van der Waals surface area contributed by atoms with Gasteiger partial charge in [0.15, 0.2) is 0 Å². The predicted molar refractivity (Wildman–Crippen MR) is 205 cm³/mol. The Morgan fingerprint density at radius 1 is 0.388 bits per heavy atom. The molecule has 0 spiro atoms. The zero-order chi connectivity index (χ0) is 32.3. The standard InChI is InChI=1S/C49H34/c1-3-12-39-35(9-1)11-7-18-44(39)49-45-15-6-5-14-43(45)48-30-37(27-28-46(48)49)34-23-19-32(20-24-34)29-33-21-25-36(26-22-33)40-16-8-17-42-41-13-4-2-10-38(41)31-47(40)42/h1-28,30,49H,29,31H2. The highest BCUT2D eigenvalue weighted by Gasteiger charge is 2.31. The van der Waals surface area contributed by atoms with Crippen molar-refractivity contribution in [3.05, 3.63) is 215 Å². The highest BCUT2D eigenvalue weighted by atomic mass is 14.3. The van der Waals surface area contributed by atoms with Crippen molar-refractivity contribution in [1.82, 2.24) is 0 Å². The van der Waals surface area contributed by atoms with Crippen molar-refractivity contribution in [2.45, 2.75) is 18.8 Å². The van der Waals surface area contributed by atoms with Gasteiger partial charge in [-0.05, 0) is 113 Å². The molecule has 8 aromatic rings. The Kier molecular flexibility index (Phi) is 6.49. The van der Waals surface area contributed by atoms with Gasteiger partial charge in [0.05, 0.1) is 0 Å². The molecule has 230 valence electrons. The minimum atomic E-state index is 0.235. The molecule has 1 atom stereocenters. The summed E-state index contributed by atoms with van der Waals surface area (Å²) < 4.78 is 0. The van der Waals surface area contributed by atoms with E-state index >= 15 is 0 Å². The van der Waals surface area contributed by atoms with E-state index in [1.165, 1.54) is 94.2 Å². The second-order valence-corrected chi connectivity index (χ2v) is 13.6. The Labute approximate surface area is 288 Å². The van der Waals surface area contributed by atoms with E-state index in [2.05, 4.69) is 176 Å². The lowest BCUT2D eigenvalue weighted by molar-refractivity contribution is 1.03. The third kappa shape index (κ3) is 4.67. The van der Waals surface area contributed by atoms with Crippen LogP contribution in [0.15, 0.2) is 176 Å². The molecule has 0 N–H and O–H groups in total. The molecule has 0 heteroatoms. The van der Waals surface area contributed by atoms with Crippen LogP contribution in [-0.4, -0.2) is 0 Å². The molecular weight excluding hydrogens is 589 g/mol. The topological polar surface area (TPSA) is 0 Å². The van der Waals surface area contributed by atoms with Crippen LogP contribution in [-0.2, 0) is 12.8 Å². The van der Waals surface area contributed by atoms with Gasteiger partial charge < -0.3 is 0 Å². The third-order valence-corrected chi connectivity index (χ3v) is 10.9. The van der Waals surface area contributed by atoms with Gasteiger partial charge in [-0.1, -0.05) is 170 Å². The van der Waals surface area contributed by atoms with E-state index in [-0.39, 0.29) is 5.92 Å². The summed E-state index contributed by atoms with van der Waals surface area (Å²) in [6.07, 6.45) is 1.93. The average molecular weight is 623 g/mol. The fourth-order valence-corrected chi connectivity index (χ4v) is 8.50. The van der Waals surface area contributed by atoms with Gasteiger partial charge in [0.1, 0.15) is 0 Å². The fourth-order valence-electron chi connectivity index (χ4n) is 8.50. The van der Waals surface area contributed by atoms with Crippen molar-refractivity contribution in [3.8, 4) is 44.5 Å². The Balaban J connectivity index is 0.914. The Bertz CT molecular complexity index is 2530. The quantitative estimate of drug-likeness (QED) is 0.179. The first kappa shape index (κ1) is 28.1. The van der Waals surface area contributed by atoms with Crippen molar-refractivity contribution in [2.24, 2.45) is 0 Å². The molecule has 49 heavy (non-hydrogen) atoms. The highest BCUT2D eigenvalue weighted by molar-refractivity contribution is 5.91. The number of hydrogen-bond acceptors (Lipinski definition) is 0. The lowest BCUT2D eigenvalue weighted by Gasteiger charge is -2.17. The largest absolute Gasteiger partial charge is 0.0619 e. The molecule has 8 aromatic carbocycles. The summed E-state index contributed by atoms with van der Waals surface area (Å²) in [6.45, 7) is 0. The molecule has 0 nitrogen and oxygen atoms in total. The maximum absolute atomic E-state index is 2.41. The van der Waals surface area contributed by atoms with Crippen LogP contribution in [0.5, 0.6) is 0 Å². The van der Waals surface area contributed by atoms with Gasteiger partial charge >= 0.3 is 0 Å². The second kappa shape index (κ2) is 11.3. The Morgan fingerprint density at radius 3 is 1.84 bits per heavy atom. The predicted octanol–water partition coefficient (Wildman–Crippen LogP) is 12.5. The first-order valence-corrected chi connectivity index (χ1v) is 17.4. The Hall–Kier alpha value is -5.98. The molecule has 10 rings (SSSR count). The third-order valence-electron chi connectivity index (χ3n) is 10.9. The lowest BCUT2D eigenvalue weighted by Crippen LogP contribution is -2.00. The zero-order valence-electron chi connectivity index (χ0n) is 27.2. The maximum atomic E-state index is 2.41. The maximum Gasteiger partial charge on any atom is 0.0358 e. The van der Waals surface area contributed by atoms with Crippen molar-refractivity contribution in [3.63, 3.8) is 0 Å². The van der Waals surface area contributed by atoms with Gasteiger partial charge in [-0.3, -0.25) is 0 Å². The van der Waals surface area contributed by atoms with Crippen LogP contribution in [0.1, 0.15) is 44.9 Å². The van der Waals surface area contributed by atoms with E-state index in [4.69, 9.17) is 0 Å². The zero-order valence-corrected chi connectivity index (χ0v) is 27.2. The first-order valence-electron chi connectivity index (χ1n) is 17.4. The average Bonchev–Trinajstić information content (AvgIpc) is 3.71. The summed E-state index contributed by atoms with van der Waals surface area (Å²) in [5.41, 5.74) is 20.4. The summed E-state index contributed by atoms with van der Waals surface area (Å²) in [4.78, 5) is 0. The molecule has 0 aliphatic heterocycles. The van der Waals surface area contributed by atoms with E-state index in [0.717, 1.165) is 12.8 Å². The van der Waals surface area contributed by atoms with Crippen molar-refractivity contribution < 1.29 is 0 Å². The van der Waals surface area contributed by atoms with Crippen molar-refractivity contribution >= 4 is 10.8 Å². The van der Waals surface area contributed by atoms with Crippen LogP contribution in [0, 0.1) is 0 Å². The molecule has 0 bridgehead atoms. The van der Waals surface area contributed by atoms with Crippen molar-refractivity contribution in [1.29, 1.82) is 0 Å². The van der Waals surface area contributed by atoms with Gasteiger partial charge in [0.2, 0.25) is 0 Å². The number of fused-ring (bicyclic) bond motifs is 7. The minimum absolute atomic E-state index is 0.235. The summed E-state index contributed by atoms with van der Waals surface area (Å²) >= 11 is 0. The van der Waals surface area contributed by atoms with Gasteiger partial charge in [0.25, 0.3) is 0 Å². The Morgan fingerprint density at radius 2 is 0.980 bits per heavy atom. The molecule has 1 unspecified atom stereocenters. The van der Waals surface area contributed by atoms with E-state index in [1.54, 1.807) is 0 Å². The van der Waals surface area contributed by atoms with Gasteiger partial charge in [-0.25, -0.2) is 0 Å². The van der Waals surface area contributed by atoms with Crippen LogP contribution in [0.3, 0.4) is 0 Å². The monoisotopic (exact) mass is 622 g/mol. The number of rotatable bonds is 5. The minimum Gasteiger partial charge on any atom is -0.0619 e. The van der Waals surface area contributed by atoms with E-state index < -0.39 is 0 Å².